The van der Waals surface area contributed by atoms with E-state index in [9.17, 15) is 17.6 Å². The number of nitrogens with zero attached hydrogens (tertiary/aromatic N) is 3. The molecule has 0 unspecified atom stereocenters. The van der Waals surface area contributed by atoms with Crippen LogP contribution in [0.3, 0.4) is 0 Å². The number of carbonyl (C=O) groups excluding carboxylic acids is 1. The second-order valence-electron chi connectivity index (χ2n) is 7.49. The number of anilines is 1. The first-order chi connectivity index (χ1) is 14.8. The number of carbonyl (C=O) groups is 1. The van der Waals surface area contributed by atoms with E-state index in [-0.39, 0.29) is 22.4 Å². The Balaban J connectivity index is 1.44. The van der Waals surface area contributed by atoms with E-state index in [0.29, 0.717) is 24.6 Å². The second kappa shape index (κ2) is 8.56. The van der Waals surface area contributed by atoms with Crippen LogP contribution in [0.25, 0.3) is 11.5 Å². The molecule has 31 heavy (non-hydrogen) atoms. The summed E-state index contributed by atoms with van der Waals surface area (Å²) in [6, 6.07) is 11.2. The topological polar surface area (TPSA) is 105 Å². The minimum atomic E-state index is -3.59. The van der Waals surface area contributed by atoms with Crippen LogP contribution in [0.2, 0.25) is 0 Å². The fourth-order valence-electron chi connectivity index (χ4n) is 3.33. The maximum Gasteiger partial charge on any atom is 0.322 e. The van der Waals surface area contributed by atoms with Gasteiger partial charge >= 0.3 is 6.01 Å². The van der Waals surface area contributed by atoms with Crippen molar-refractivity contribution in [2.24, 2.45) is 5.92 Å². The van der Waals surface area contributed by atoms with Crippen LogP contribution < -0.4 is 5.32 Å². The Morgan fingerprint density at radius 2 is 1.84 bits per heavy atom. The zero-order chi connectivity index (χ0) is 22.0. The Hall–Kier alpha value is -3.11. The van der Waals surface area contributed by atoms with Crippen molar-refractivity contribution in [3.63, 3.8) is 0 Å². The van der Waals surface area contributed by atoms with Crippen molar-refractivity contribution in [1.82, 2.24) is 14.5 Å². The van der Waals surface area contributed by atoms with Crippen molar-refractivity contribution >= 4 is 21.9 Å². The molecule has 1 saturated heterocycles. The highest BCUT2D eigenvalue weighted by Crippen LogP contribution is 2.24. The number of amides is 1. The Morgan fingerprint density at radius 3 is 2.52 bits per heavy atom. The summed E-state index contributed by atoms with van der Waals surface area (Å²) < 4.78 is 45.8. The predicted octanol–water partition coefficient (Wildman–Crippen LogP) is 3.55. The summed E-state index contributed by atoms with van der Waals surface area (Å²) in [5.74, 6) is -0.406. The van der Waals surface area contributed by atoms with Crippen molar-refractivity contribution in [2.45, 2.75) is 24.7 Å². The summed E-state index contributed by atoms with van der Waals surface area (Å²) >= 11 is 0. The Bertz CT molecular complexity index is 1190. The van der Waals surface area contributed by atoms with E-state index >= 15 is 0 Å². The first kappa shape index (κ1) is 21.1. The number of rotatable bonds is 5. The molecule has 1 aliphatic rings. The average molecular weight is 444 g/mol. The number of nitrogens with one attached hydrogen (secondary N) is 1. The van der Waals surface area contributed by atoms with E-state index in [1.165, 1.54) is 46.8 Å². The predicted molar refractivity (Wildman–Crippen MR) is 111 cm³/mol. The Labute approximate surface area is 179 Å². The van der Waals surface area contributed by atoms with Crippen LogP contribution in [0.5, 0.6) is 0 Å². The molecule has 3 aromatic rings. The molecule has 10 heteroatoms. The largest absolute Gasteiger partial charge is 0.403 e. The number of halogens is 1. The first-order valence-electron chi connectivity index (χ1n) is 9.84. The lowest BCUT2D eigenvalue weighted by Gasteiger charge is -2.29. The van der Waals surface area contributed by atoms with Crippen LogP contribution in [-0.4, -0.2) is 41.9 Å². The highest BCUT2D eigenvalue weighted by atomic mass is 32.2. The van der Waals surface area contributed by atoms with Gasteiger partial charge < -0.3 is 4.42 Å². The summed E-state index contributed by atoms with van der Waals surface area (Å²) in [5, 5.41) is 9.99. The standard InChI is InChI=1S/C21H21FN4O4S/c1-14-9-11-26(12-10-14)31(28,29)18-7-5-15(6-8-18)19(27)23-21-25-24-20(30-21)16-3-2-4-17(22)13-16/h2-8,13-14H,9-12H2,1H3,(H,23,25,27). The third kappa shape index (κ3) is 4.64. The fraction of sp³-hybridized carbons (Fsp3) is 0.286. The van der Waals surface area contributed by atoms with Gasteiger partial charge in [0.15, 0.2) is 0 Å². The molecule has 162 valence electrons. The number of hydrogen-bond acceptors (Lipinski definition) is 6. The molecule has 0 atom stereocenters. The molecule has 1 aliphatic heterocycles. The Kier molecular flexibility index (Phi) is 5.84. The molecule has 0 spiro atoms. The monoisotopic (exact) mass is 444 g/mol. The van der Waals surface area contributed by atoms with Crippen LogP contribution >= 0.6 is 0 Å². The molecule has 1 fully saturated rings. The van der Waals surface area contributed by atoms with Crippen LogP contribution in [0.15, 0.2) is 57.8 Å². The van der Waals surface area contributed by atoms with Gasteiger partial charge in [-0.1, -0.05) is 18.1 Å². The van der Waals surface area contributed by atoms with Crippen molar-refractivity contribution in [3.05, 3.63) is 59.9 Å². The van der Waals surface area contributed by atoms with Crippen LogP contribution in [0.4, 0.5) is 10.4 Å². The highest BCUT2D eigenvalue weighted by molar-refractivity contribution is 7.89. The SMILES string of the molecule is CC1CCN(S(=O)(=O)c2ccc(C(=O)Nc3nnc(-c4cccc(F)c4)o3)cc2)CC1. The fourth-order valence-corrected chi connectivity index (χ4v) is 4.80. The maximum absolute atomic E-state index is 13.3. The van der Waals surface area contributed by atoms with Gasteiger partial charge in [-0.2, -0.15) is 4.31 Å². The summed E-state index contributed by atoms with van der Waals surface area (Å²) in [6.07, 6.45) is 1.67. The molecule has 4 rings (SSSR count). The summed E-state index contributed by atoms with van der Waals surface area (Å²) in [4.78, 5) is 12.6. The van der Waals surface area contributed by atoms with Gasteiger partial charge in [0, 0.05) is 24.2 Å². The number of aromatic nitrogens is 2. The number of piperidine rings is 1. The van der Waals surface area contributed by atoms with Crippen molar-refractivity contribution in [1.29, 1.82) is 0 Å². The van der Waals surface area contributed by atoms with Gasteiger partial charge in [-0.15, -0.1) is 5.10 Å². The number of hydrogen-bond donors (Lipinski definition) is 1. The number of sulfonamides is 1. The van der Waals surface area contributed by atoms with Gasteiger partial charge in [0.25, 0.3) is 5.91 Å². The summed E-state index contributed by atoms with van der Waals surface area (Å²) in [6.45, 7) is 3.11. The lowest BCUT2D eigenvalue weighted by Crippen LogP contribution is -2.37. The molecule has 0 saturated carbocycles. The second-order valence-corrected chi connectivity index (χ2v) is 9.43. The van der Waals surface area contributed by atoms with Gasteiger partial charge in [0.1, 0.15) is 5.82 Å². The minimum absolute atomic E-state index is 0.0621. The van der Waals surface area contributed by atoms with Gasteiger partial charge in [0.2, 0.25) is 15.9 Å². The highest BCUT2D eigenvalue weighted by Gasteiger charge is 2.28. The van der Waals surface area contributed by atoms with Crippen LogP contribution in [0, 0.1) is 11.7 Å². The zero-order valence-corrected chi connectivity index (χ0v) is 17.6. The number of benzene rings is 2. The molecule has 0 radical (unpaired) electrons. The quantitative estimate of drug-likeness (QED) is 0.645. The third-order valence-electron chi connectivity index (χ3n) is 5.21. The van der Waals surface area contributed by atoms with E-state index in [0.717, 1.165) is 12.8 Å². The summed E-state index contributed by atoms with van der Waals surface area (Å²) in [7, 11) is -3.59. The molecular weight excluding hydrogens is 423 g/mol. The van der Waals surface area contributed by atoms with E-state index in [2.05, 4.69) is 22.4 Å². The molecule has 0 bridgehead atoms. The Morgan fingerprint density at radius 1 is 1.13 bits per heavy atom. The molecule has 2 aromatic carbocycles. The lowest BCUT2D eigenvalue weighted by atomic mass is 10.0. The molecule has 1 N–H and O–H groups in total. The lowest BCUT2D eigenvalue weighted by molar-refractivity contribution is 0.102. The minimum Gasteiger partial charge on any atom is -0.403 e. The normalized spacial score (nSPS) is 15.7. The average Bonchev–Trinajstić information content (AvgIpc) is 3.23. The van der Waals surface area contributed by atoms with E-state index in [4.69, 9.17) is 4.42 Å². The van der Waals surface area contributed by atoms with E-state index in [1.54, 1.807) is 6.07 Å². The van der Waals surface area contributed by atoms with Crippen LogP contribution in [0.1, 0.15) is 30.1 Å². The van der Waals surface area contributed by atoms with Gasteiger partial charge in [-0.05, 0) is 61.2 Å². The molecule has 1 amide bonds. The smallest absolute Gasteiger partial charge is 0.322 e. The van der Waals surface area contributed by atoms with E-state index < -0.39 is 21.7 Å². The van der Waals surface area contributed by atoms with Crippen molar-refractivity contribution < 1.29 is 22.0 Å². The van der Waals surface area contributed by atoms with E-state index in [1.807, 2.05) is 0 Å². The van der Waals surface area contributed by atoms with Crippen molar-refractivity contribution in [2.75, 3.05) is 18.4 Å². The molecule has 8 nitrogen and oxygen atoms in total. The first-order valence-corrected chi connectivity index (χ1v) is 11.3. The summed E-state index contributed by atoms with van der Waals surface area (Å²) in [5.41, 5.74) is 0.617. The van der Waals surface area contributed by atoms with Gasteiger partial charge in [-0.25, -0.2) is 12.8 Å². The molecular formula is C21H21FN4O4S. The van der Waals surface area contributed by atoms with Gasteiger partial charge in [-0.3, -0.25) is 10.1 Å². The molecule has 0 aliphatic carbocycles. The molecule has 2 heterocycles. The van der Waals surface area contributed by atoms with Gasteiger partial charge in [0.05, 0.1) is 4.90 Å². The maximum atomic E-state index is 13.3. The van der Waals surface area contributed by atoms with Crippen molar-refractivity contribution in [3.8, 4) is 11.5 Å². The zero-order valence-electron chi connectivity index (χ0n) is 16.8. The third-order valence-corrected chi connectivity index (χ3v) is 7.13. The molecule has 1 aromatic heterocycles. The van der Waals surface area contributed by atoms with Crippen LogP contribution in [-0.2, 0) is 10.0 Å².